The van der Waals surface area contributed by atoms with Crippen LogP contribution in [0.3, 0.4) is 0 Å². The molecule has 1 N–H and O–H groups in total. The Labute approximate surface area is 166 Å². The molecular weight excluding hydrogens is 376 g/mol. The van der Waals surface area contributed by atoms with Gasteiger partial charge in [0.15, 0.2) is 0 Å². The number of hydrogen-bond acceptors (Lipinski definition) is 5. The number of thioether (sulfide) groups is 2. The number of furan rings is 1. The fourth-order valence-electron chi connectivity index (χ4n) is 3.86. The molecule has 1 aliphatic carbocycles. The van der Waals surface area contributed by atoms with Crippen molar-refractivity contribution >= 4 is 61.4 Å². The number of benzene rings is 2. The van der Waals surface area contributed by atoms with Crippen molar-refractivity contribution in [3.8, 4) is 0 Å². The summed E-state index contributed by atoms with van der Waals surface area (Å²) in [6.07, 6.45) is 5.05. The maximum absolute atomic E-state index is 12.4. The zero-order valence-corrected chi connectivity index (χ0v) is 16.4. The fraction of sp³-hybridized carbons (Fsp3) is 0.333. The van der Waals surface area contributed by atoms with Gasteiger partial charge >= 0.3 is 0 Å². The van der Waals surface area contributed by atoms with Crippen LogP contribution < -0.4 is 5.32 Å². The van der Waals surface area contributed by atoms with Crippen molar-refractivity contribution in [2.24, 2.45) is 4.99 Å². The molecule has 27 heavy (non-hydrogen) atoms. The summed E-state index contributed by atoms with van der Waals surface area (Å²) in [6, 6.07) is 14.3. The second kappa shape index (κ2) is 7.24. The number of nitrogens with zero attached hydrogens (tertiary/aromatic N) is 1. The predicted molar refractivity (Wildman–Crippen MR) is 116 cm³/mol. The number of nitrogens with one attached hydrogen (secondary N) is 1. The number of carbonyl (C=O) groups excluding carboxylic acids is 1. The van der Waals surface area contributed by atoms with Crippen molar-refractivity contribution in [3.05, 3.63) is 42.5 Å². The van der Waals surface area contributed by atoms with Gasteiger partial charge in [0.1, 0.15) is 15.5 Å². The summed E-state index contributed by atoms with van der Waals surface area (Å²) in [7, 11) is 0. The zero-order valence-electron chi connectivity index (χ0n) is 14.8. The second-order valence-corrected chi connectivity index (χ2v) is 9.50. The Kier molecular flexibility index (Phi) is 4.61. The summed E-state index contributed by atoms with van der Waals surface area (Å²) in [5, 5.41) is 5.78. The predicted octanol–water partition coefficient (Wildman–Crippen LogP) is 5.67. The molecule has 2 heterocycles. The van der Waals surface area contributed by atoms with Crippen LogP contribution in [0.15, 0.2) is 51.9 Å². The molecule has 6 heteroatoms. The van der Waals surface area contributed by atoms with Crippen LogP contribution >= 0.6 is 23.5 Å². The number of fused-ring (bicyclic) bond motifs is 4. The van der Waals surface area contributed by atoms with Crippen LogP contribution in [0.25, 0.3) is 21.9 Å². The highest BCUT2D eigenvalue weighted by molar-refractivity contribution is 8.39. The minimum Gasteiger partial charge on any atom is -0.456 e. The molecule has 0 spiro atoms. The van der Waals surface area contributed by atoms with E-state index in [1.165, 1.54) is 25.7 Å². The third kappa shape index (κ3) is 3.48. The molecule has 4 nitrogen and oxygen atoms in total. The fourth-order valence-corrected chi connectivity index (χ4v) is 6.31. The van der Waals surface area contributed by atoms with E-state index in [9.17, 15) is 4.79 Å². The van der Waals surface area contributed by atoms with E-state index in [-0.39, 0.29) is 5.91 Å². The van der Waals surface area contributed by atoms with Gasteiger partial charge in [0, 0.05) is 27.8 Å². The first-order chi connectivity index (χ1) is 13.3. The SMILES string of the molecule is O=C(CSC1=N[C@@H]2CCCC[C@H]2S1)Nc1ccc2c(c1)oc1ccccc12. The molecule has 2 aliphatic rings. The molecule has 1 aromatic heterocycles. The van der Waals surface area contributed by atoms with Crippen LogP contribution in [0.2, 0.25) is 0 Å². The van der Waals surface area contributed by atoms with Crippen LogP contribution in [0.5, 0.6) is 0 Å². The van der Waals surface area contributed by atoms with Crippen LogP contribution in [-0.2, 0) is 4.79 Å². The maximum atomic E-state index is 12.4. The van der Waals surface area contributed by atoms with Gasteiger partial charge in [0.25, 0.3) is 0 Å². The summed E-state index contributed by atoms with van der Waals surface area (Å²) >= 11 is 3.43. The van der Waals surface area contributed by atoms with Crippen LogP contribution in [0.1, 0.15) is 25.7 Å². The van der Waals surface area contributed by atoms with E-state index >= 15 is 0 Å². The van der Waals surface area contributed by atoms with E-state index < -0.39 is 0 Å². The summed E-state index contributed by atoms with van der Waals surface area (Å²) in [5.74, 6) is 0.386. The van der Waals surface area contributed by atoms with Crippen molar-refractivity contribution in [1.29, 1.82) is 0 Å². The third-order valence-electron chi connectivity index (χ3n) is 5.18. The molecule has 0 bridgehead atoms. The monoisotopic (exact) mass is 396 g/mol. The lowest BCUT2D eigenvalue weighted by molar-refractivity contribution is -0.113. The van der Waals surface area contributed by atoms with Gasteiger partial charge in [-0.3, -0.25) is 9.79 Å². The van der Waals surface area contributed by atoms with E-state index in [1.807, 2.05) is 54.2 Å². The second-order valence-electron chi connectivity index (χ2n) is 7.05. The van der Waals surface area contributed by atoms with Crippen molar-refractivity contribution in [2.45, 2.75) is 37.0 Å². The summed E-state index contributed by atoms with van der Waals surface area (Å²) in [5.41, 5.74) is 2.42. The molecule has 3 aromatic rings. The lowest BCUT2D eigenvalue weighted by Gasteiger charge is -2.21. The maximum Gasteiger partial charge on any atom is 0.234 e. The van der Waals surface area contributed by atoms with Gasteiger partial charge in [-0.25, -0.2) is 0 Å². The van der Waals surface area contributed by atoms with E-state index in [0.717, 1.165) is 32.0 Å². The van der Waals surface area contributed by atoms with Crippen molar-refractivity contribution in [1.82, 2.24) is 0 Å². The molecule has 1 aliphatic heterocycles. The van der Waals surface area contributed by atoms with Gasteiger partial charge in [-0.1, -0.05) is 54.6 Å². The van der Waals surface area contributed by atoms with Gasteiger partial charge in [0.2, 0.25) is 5.91 Å². The van der Waals surface area contributed by atoms with Gasteiger partial charge in [-0.05, 0) is 31.0 Å². The Hall–Kier alpha value is -1.92. The number of hydrogen-bond donors (Lipinski definition) is 1. The van der Waals surface area contributed by atoms with E-state index in [4.69, 9.17) is 9.41 Å². The summed E-state index contributed by atoms with van der Waals surface area (Å²) < 4.78 is 6.97. The highest BCUT2D eigenvalue weighted by Gasteiger charge is 2.32. The molecule has 1 saturated carbocycles. The number of rotatable bonds is 3. The van der Waals surface area contributed by atoms with Gasteiger partial charge in [0.05, 0.1) is 11.8 Å². The minimum absolute atomic E-state index is 0.00590. The number of aliphatic imine (C=N–C) groups is 1. The van der Waals surface area contributed by atoms with Gasteiger partial charge < -0.3 is 9.73 Å². The normalized spacial score (nSPS) is 22.0. The molecule has 0 radical (unpaired) electrons. The molecule has 0 unspecified atom stereocenters. The first-order valence-corrected chi connectivity index (χ1v) is 11.2. The highest BCUT2D eigenvalue weighted by Crippen LogP contribution is 2.40. The van der Waals surface area contributed by atoms with E-state index in [2.05, 4.69) is 5.32 Å². The first-order valence-electron chi connectivity index (χ1n) is 9.35. The molecule has 1 fully saturated rings. The van der Waals surface area contributed by atoms with Crippen LogP contribution in [0, 0.1) is 0 Å². The Morgan fingerprint density at radius 2 is 2.00 bits per heavy atom. The summed E-state index contributed by atoms with van der Waals surface area (Å²) in [4.78, 5) is 17.2. The number of amides is 1. The zero-order chi connectivity index (χ0) is 18.2. The van der Waals surface area contributed by atoms with Crippen molar-refractivity contribution in [3.63, 3.8) is 0 Å². The Morgan fingerprint density at radius 3 is 2.93 bits per heavy atom. The standard InChI is InChI=1S/C21H20N2O2S2/c24-20(12-26-21-23-16-6-2-4-8-19(16)27-21)22-13-9-10-15-14-5-1-3-7-17(14)25-18(15)11-13/h1,3,5,7,9-11,16,19H,2,4,6,8,12H2,(H,22,24)/t16-,19-/m1/s1. The largest absolute Gasteiger partial charge is 0.456 e. The van der Waals surface area contributed by atoms with Crippen molar-refractivity contribution in [2.75, 3.05) is 11.1 Å². The van der Waals surface area contributed by atoms with Gasteiger partial charge in [-0.2, -0.15) is 0 Å². The number of para-hydroxylation sites is 1. The molecule has 5 rings (SSSR count). The Morgan fingerprint density at radius 1 is 1.15 bits per heavy atom. The molecule has 2 atom stereocenters. The molecule has 138 valence electrons. The topological polar surface area (TPSA) is 54.6 Å². The van der Waals surface area contributed by atoms with E-state index in [1.54, 1.807) is 11.8 Å². The Balaban J connectivity index is 1.24. The Bertz CT molecular complexity index is 1040. The first kappa shape index (κ1) is 17.2. The molecular formula is C21H20N2O2S2. The number of anilines is 1. The van der Waals surface area contributed by atoms with Gasteiger partial charge in [-0.15, -0.1) is 0 Å². The van der Waals surface area contributed by atoms with Crippen molar-refractivity contribution < 1.29 is 9.21 Å². The number of carbonyl (C=O) groups is 1. The average molecular weight is 397 g/mol. The van der Waals surface area contributed by atoms with Crippen LogP contribution in [0.4, 0.5) is 5.69 Å². The van der Waals surface area contributed by atoms with Crippen LogP contribution in [-0.4, -0.2) is 27.3 Å². The lowest BCUT2D eigenvalue weighted by Crippen LogP contribution is -2.21. The minimum atomic E-state index is -0.00590. The smallest absolute Gasteiger partial charge is 0.234 e. The molecule has 0 saturated heterocycles. The summed E-state index contributed by atoms with van der Waals surface area (Å²) in [6.45, 7) is 0. The lowest BCUT2D eigenvalue weighted by atomic mass is 9.96. The quantitative estimate of drug-likeness (QED) is 0.619. The average Bonchev–Trinajstić information content (AvgIpc) is 3.26. The highest BCUT2D eigenvalue weighted by atomic mass is 32.2. The molecule has 1 amide bonds. The molecule has 2 aromatic carbocycles. The third-order valence-corrected chi connectivity index (χ3v) is 7.74. The van der Waals surface area contributed by atoms with E-state index in [0.29, 0.717) is 17.0 Å².